The highest BCUT2D eigenvalue weighted by Crippen LogP contribution is 2.71. The van der Waals surface area contributed by atoms with Crippen molar-refractivity contribution >= 4 is 5.57 Å². The lowest BCUT2D eigenvalue weighted by Crippen LogP contribution is -2.66. The van der Waals surface area contributed by atoms with E-state index in [1.807, 2.05) is 13.8 Å². The summed E-state index contributed by atoms with van der Waals surface area (Å²) in [5.41, 5.74) is 15.0. The largest absolute Gasteiger partial charge is 0.384 e. The van der Waals surface area contributed by atoms with Crippen molar-refractivity contribution in [3.8, 4) is 22.3 Å². The lowest BCUT2D eigenvalue weighted by atomic mass is 9.42. The Labute approximate surface area is 366 Å². The van der Waals surface area contributed by atoms with Gasteiger partial charge in [0.2, 0.25) is 0 Å². The average molecular weight is 800 g/mol. The van der Waals surface area contributed by atoms with E-state index < -0.39 is 0 Å². The molecule has 1 nitrogen and oxygen atoms in total. The predicted octanol–water partition coefficient (Wildman–Crippen LogP) is 16.2. The van der Waals surface area contributed by atoms with Crippen LogP contribution in [0.2, 0.25) is 0 Å². The highest BCUT2D eigenvalue weighted by atomic mass is 15.0. The van der Waals surface area contributed by atoms with Gasteiger partial charge in [-0.05, 0) is 177 Å². The SMILES string of the molecule is CC.CCC12CC(C)CC(C)(C)c3ccc(cc3)-c3cc(cc(-c4ccc(C(C)(C)CC(C)(C)C)cc4)c3)C(=CN1)C=CC21Cc2ccccc2[C@@]23CCC(C)(CC[C@H]12)C3. The zero-order chi connectivity index (χ0) is 42.9. The maximum absolute atomic E-state index is 4.44. The van der Waals surface area contributed by atoms with Crippen molar-refractivity contribution in [2.24, 2.45) is 28.1 Å². The summed E-state index contributed by atoms with van der Waals surface area (Å²) in [6.45, 7) is 28.5. The minimum Gasteiger partial charge on any atom is -0.384 e. The van der Waals surface area contributed by atoms with Gasteiger partial charge >= 0.3 is 0 Å². The zero-order valence-corrected chi connectivity index (χ0v) is 39.6. The van der Waals surface area contributed by atoms with Crippen LogP contribution >= 0.6 is 0 Å². The first-order chi connectivity index (χ1) is 28.4. The highest BCUT2D eigenvalue weighted by molar-refractivity contribution is 5.83. The number of fused-ring (bicyclic) bond motifs is 8. The molecule has 0 saturated heterocycles. The lowest BCUT2D eigenvalue weighted by Gasteiger charge is -2.63. The Morgan fingerprint density at radius 2 is 1.35 bits per heavy atom. The van der Waals surface area contributed by atoms with Gasteiger partial charge in [-0.25, -0.2) is 0 Å². The molecule has 4 aromatic carbocycles. The second-order valence-electron chi connectivity index (χ2n) is 23.1. The van der Waals surface area contributed by atoms with E-state index in [0.717, 1.165) is 32.1 Å². The summed E-state index contributed by atoms with van der Waals surface area (Å²) < 4.78 is 0. The van der Waals surface area contributed by atoms with Gasteiger partial charge in [0.15, 0.2) is 0 Å². The molecule has 4 unspecified atom stereocenters. The number of nitrogens with one attached hydrogen (secondary N) is 1. The maximum Gasteiger partial charge on any atom is 0.0465 e. The summed E-state index contributed by atoms with van der Waals surface area (Å²) in [4.78, 5) is 0. The van der Waals surface area contributed by atoms with E-state index in [9.17, 15) is 0 Å². The lowest BCUT2D eigenvalue weighted by molar-refractivity contribution is -0.0331. The minimum atomic E-state index is -0.0815. The molecular formula is C59H77N. The molecule has 0 amide bonds. The van der Waals surface area contributed by atoms with Gasteiger partial charge in [-0.15, -0.1) is 0 Å². The van der Waals surface area contributed by atoms with E-state index in [0.29, 0.717) is 17.3 Å². The summed E-state index contributed by atoms with van der Waals surface area (Å²) in [5, 5.41) is 4.44. The van der Waals surface area contributed by atoms with Crippen molar-refractivity contribution in [1.29, 1.82) is 0 Å². The van der Waals surface area contributed by atoms with E-state index >= 15 is 0 Å². The molecular weight excluding hydrogens is 723 g/mol. The number of rotatable bonds is 4. The van der Waals surface area contributed by atoms with Crippen LogP contribution in [0, 0.1) is 28.1 Å². The smallest absolute Gasteiger partial charge is 0.0465 e. The van der Waals surface area contributed by atoms with Crippen molar-refractivity contribution < 1.29 is 0 Å². The van der Waals surface area contributed by atoms with Gasteiger partial charge in [0, 0.05) is 17.2 Å². The van der Waals surface area contributed by atoms with Crippen LogP contribution < -0.4 is 5.32 Å². The van der Waals surface area contributed by atoms with Gasteiger partial charge in [-0.1, -0.05) is 168 Å². The Hall–Kier alpha value is -3.84. The van der Waals surface area contributed by atoms with Crippen molar-refractivity contribution in [2.75, 3.05) is 0 Å². The summed E-state index contributed by atoms with van der Waals surface area (Å²) in [6.07, 6.45) is 20.3. The van der Waals surface area contributed by atoms with E-state index in [4.69, 9.17) is 0 Å². The third kappa shape index (κ3) is 7.26. The van der Waals surface area contributed by atoms with Crippen LogP contribution in [0.1, 0.15) is 169 Å². The Bertz CT molecular complexity index is 2260. The maximum atomic E-state index is 4.44. The van der Waals surface area contributed by atoms with Gasteiger partial charge in [0.25, 0.3) is 0 Å². The monoisotopic (exact) mass is 800 g/mol. The fraction of sp³-hybridized carbons (Fsp3) is 0.525. The molecule has 3 heterocycles. The van der Waals surface area contributed by atoms with Crippen LogP contribution in [0.15, 0.2) is 109 Å². The van der Waals surface area contributed by atoms with Crippen LogP contribution in [0.4, 0.5) is 0 Å². The Kier molecular flexibility index (Phi) is 10.9. The predicted molar refractivity (Wildman–Crippen MR) is 259 cm³/mol. The van der Waals surface area contributed by atoms with Crippen molar-refractivity contribution in [3.05, 3.63) is 137 Å². The van der Waals surface area contributed by atoms with E-state index in [2.05, 4.69) is 184 Å². The quantitative estimate of drug-likeness (QED) is 0.217. The highest BCUT2D eigenvalue weighted by Gasteiger charge is 2.67. The van der Waals surface area contributed by atoms with Crippen LogP contribution in [0.5, 0.6) is 0 Å². The minimum absolute atomic E-state index is 0.00761. The van der Waals surface area contributed by atoms with E-state index in [1.165, 1.54) is 76.6 Å². The molecule has 0 radical (unpaired) electrons. The Balaban J connectivity index is 0.00000246. The summed E-state index contributed by atoms with van der Waals surface area (Å²) in [7, 11) is 0. The van der Waals surface area contributed by atoms with Crippen LogP contribution in [-0.4, -0.2) is 5.54 Å². The van der Waals surface area contributed by atoms with Crippen LogP contribution in [0.3, 0.4) is 0 Å². The molecule has 3 aliphatic carbocycles. The van der Waals surface area contributed by atoms with Crippen molar-refractivity contribution in [1.82, 2.24) is 5.32 Å². The second-order valence-corrected chi connectivity index (χ2v) is 23.1. The van der Waals surface area contributed by atoms with E-state index in [-0.39, 0.29) is 32.6 Å². The standard InChI is InChI=1S/C57H71N.C2H6/c1-11-57-34-39(2)33-52(6,7)47-20-16-40(17-21-47)44-30-45(41-18-22-48(23-19-41)53(8,9)37-51(3,4)5)32-46(31-44)43(36-58-57)24-27-56(57)35-42-14-12-13-15-49(42)55-29-28-54(10,38-55)26-25-50(55)56;1-2/h12-24,27,30-32,36,39,50,58H,11,25-26,28-29,33-35,37-38H2,1-10H3;1-2H3/t39?,50-,54?,55-,56?,57?;/m0./s1. The van der Waals surface area contributed by atoms with Crippen molar-refractivity contribution in [2.45, 2.75) is 169 Å². The molecule has 6 atom stereocenters. The normalized spacial score (nSPS) is 30.2. The topological polar surface area (TPSA) is 12.0 Å². The molecule has 3 aliphatic heterocycles. The summed E-state index contributed by atoms with van der Waals surface area (Å²) in [6, 6.07) is 36.2. The van der Waals surface area contributed by atoms with Gasteiger partial charge < -0.3 is 5.32 Å². The third-order valence-corrected chi connectivity index (χ3v) is 16.6. The third-order valence-electron chi connectivity index (χ3n) is 16.6. The van der Waals surface area contributed by atoms with Crippen LogP contribution in [-0.2, 0) is 22.7 Å². The molecule has 1 N–H and O–H groups in total. The molecule has 4 aromatic rings. The van der Waals surface area contributed by atoms with Gasteiger partial charge in [-0.2, -0.15) is 0 Å². The fourth-order valence-electron chi connectivity index (χ4n) is 14.4. The van der Waals surface area contributed by atoms with E-state index in [1.54, 1.807) is 11.1 Å². The first-order valence-electron chi connectivity index (χ1n) is 24.0. The average Bonchev–Trinajstić information content (AvgIpc) is 3.38. The Morgan fingerprint density at radius 1 is 0.717 bits per heavy atom. The first kappa shape index (κ1) is 42.8. The number of benzene rings is 4. The van der Waals surface area contributed by atoms with Gasteiger partial charge in [0.1, 0.15) is 0 Å². The molecule has 10 rings (SSSR count). The fourth-order valence-corrected chi connectivity index (χ4v) is 14.4. The molecule has 6 aliphatic rings. The molecule has 0 aromatic heterocycles. The number of hydrogen-bond acceptors (Lipinski definition) is 1. The van der Waals surface area contributed by atoms with Gasteiger partial charge in [-0.3, -0.25) is 0 Å². The molecule has 2 spiro atoms. The summed E-state index contributed by atoms with van der Waals surface area (Å²) >= 11 is 0. The zero-order valence-electron chi connectivity index (χ0n) is 39.6. The van der Waals surface area contributed by atoms with Gasteiger partial charge in [0.05, 0.1) is 0 Å². The molecule has 2 saturated carbocycles. The number of hydrogen-bond donors (Lipinski definition) is 1. The summed E-state index contributed by atoms with van der Waals surface area (Å²) in [5.74, 6) is 1.15. The number of allylic oxidation sites excluding steroid dienone is 2. The molecule has 318 valence electrons. The first-order valence-corrected chi connectivity index (χ1v) is 24.0. The molecule has 2 fully saturated rings. The molecule has 60 heavy (non-hydrogen) atoms. The van der Waals surface area contributed by atoms with Crippen molar-refractivity contribution in [3.63, 3.8) is 0 Å². The Morgan fingerprint density at radius 3 is 2.00 bits per heavy atom. The van der Waals surface area contributed by atoms with Crippen LogP contribution in [0.25, 0.3) is 27.8 Å². The second kappa shape index (κ2) is 15.2. The molecule has 1 heteroatoms. The molecule has 8 bridgehead atoms.